The molecule has 1 saturated carbocycles. The quantitative estimate of drug-likeness (QED) is 0.826. The average molecular weight is 259 g/mol. The first-order chi connectivity index (χ1) is 7.86. The van der Waals surface area contributed by atoms with Crippen LogP contribution in [-0.4, -0.2) is 32.0 Å². The first-order valence-electron chi connectivity index (χ1n) is 6.83. The van der Waals surface area contributed by atoms with Crippen LogP contribution in [0.2, 0.25) is 0 Å². The Kier molecular flexibility index (Phi) is 3.83. The van der Waals surface area contributed by atoms with Crippen molar-refractivity contribution in [2.24, 2.45) is 5.41 Å². The molecule has 0 aromatic rings. The molecule has 0 aromatic heterocycles. The molecule has 17 heavy (non-hydrogen) atoms. The van der Waals surface area contributed by atoms with E-state index >= 15 is 0 Å². The van der Waals surface area contributed by atoms with Gasteiger partial charge in [-0.1, -0.05) is 20.3 Å². The summed E-state index contributed by atoms with van der Waals surface area (Å²) in [6.07, 6.45) is 6.72. The van der Waals surface area contributed by atoms with E-state index in [4.69, 9.17) is 0 Å². The standard InChI is InChI=1S/C13H25NO2S/c1-13(2)7-3-4-12(10-13)14-11-5-8-17(15,16)9-6-11/h11-12,14H,3-10H2,1-2H3. The number of sulfone groups is 1. The molecule has 1 aliphatic carbocycles. The van der Waals surface area contributed by atoms with Gasteiger partial charge in [-0.3, -0.25) is 0 Å². The summed E-state index contributed by atoms with van der Waals surface area (Å²) in [5, 5.41) is 3.69. The molecule has 1 atom stereocenters. The molecule has 0 aromatic carbocycles. The molecule has 1 aliphatic heterocycles. The highest BCUT2D eigenvalue weighted by Gasteiger charge is 2.31. The second kappa shape index (κ2) is 4.88. The normalized spacial score (nSPS) is 33.4. The van der Waals surface area contributed by atoms with Crippen LogP contribution in [0.4, 0.5) is 0 Å². The van der Waals surface area contributed by atoms with Gasteiger partial charge in [-0.2, -0.15) is 0 Å². The van der Waals surface area contributed by atoms with E-state index in [1.165, 1.54) is 25.7 Å². The lowest BCUT2D eigenvalue weighted by molar-refractivity contribution is 0.186. The van der Waals surface area contributed by atoms with Crippen molar-refractivity contribution in [2.75, 3.05) is 11.5 Å². The average Bonchev–Trinajstić information content (AvgIpc) is 2.20. The Hall–Kier alpha value is -0.0900. The van der Waals surface area contributed by atoms with Gasteiger partial charge in [0.05, 0.1) is 11.5 Å². The summed E-state index contributed by atoms with van der Waals surface area (Å²) in [5.41, 5.74) is 0.455. The molecule has 1 N–H and O–H groups in total. The summed E-state index contributed by atoms with van der Waals surface area (Å²) in [6, 6.07) is 1.03. The smallest absolute Gasteiger partial charge is 0.150 e. The van der Waals surface area contributed by atoms with E-state index in [2.05, 4.69) is 19.2 Å². The summed E-state index contributed by atoms with van der Waals surface area (Å²) in [5.74, 6) is 0.752. The minimum atomic E-state index is -2.72. The van der Waals surface area contributed by atoms with Crippen LogP contribution in [0.5, 0.6) is 0 Å². The van der Waals surface area contributed by atoms with Gasteiger partial charge in [0.25, 0.3) is 0 Å². The van der Waals surface area contributed by atoms with Crippen molar-refractivity contribution < 1.29 is 8.42 Å². The van der Waals surface area contributed by atoms with Gasteiger partial charge < -0.3 is 5.32 Å². The monoisotopic (exact) mass is 259 g/mol. The van der Waals surface area contributed by atoms with Gasteiger partial charge in [-0.15, -0.1) is 0 Å². The van der Waals surface area contributed by atoms with Crippen molar-refractivity contribution in [3.05, 3.63) is 0 Å². The van der Waals surface area contributed by atoms with E-state index in [1.807, 2.05) is 0 Å². The number of nitrogens with one attached hydrogen (secondary N) is 1. The Balaban J connectivity index is 1.82. The molecular formula is C13H25NO2S. The van der Waals surface area contributed by atoms with Gasteiger partial charge in [-0.05, 0) is 37.5 Å². The maximum Gasteiger partial charge on any atom is 0.150 e. The zero-order chi connectivity index (χ0) is 12.5. The first-order valence-corrected chi connectivity index (χ1v) is 8.65. The van der Waals surface area contributed by atoms with E-state index in [-0.39, 0.29) is 0 Å². The highest BCUT2D eigenvalue weighted by molar-refractivity contribution is 7.91. The second-order valence-corrected chi connectivity index (χ2v) is 8.85. The molecule has 0 spiro atoms. The maximum absolute atomic E-state index is 11.4. The van der Waals surface area contributed by atoms with Gasteiger partial charge in [0.1, 0.15) is 9.84 Å². The maximum atomic E-state index is 11.4. The van der Waals surface area contributed by atoms with Gasteiger partial charge in [0.15, 0.2) is 0 Å². The van der Waals surface area contributed by atoms with Crippen molar-refractivity contribution in [3.8, 4) is 0 Å². The highest BCUT2D eigenvalue weighted by Crippen LogP contribution is 2.35. The van der Waals surface area contributed by atoms with Gasteiger partial charge in [0, 0.05) is 12.1 Å². The summed E-state index contributed by atoms with van der Waals surface area (Å²) in [4.78, 5) is 0. The summed E-state index contributed by atoms with van der Waals surface area (Å²) in [7, 11) is -2.72. The van der Waals surface area contributed by atoms with Crippen LogP contribution in [0, 0.1) is 5.41 Å². The Labute approximate surface area is 105 Å². The summed E-state index contributed by atoms with van der Waals surface area (Å²) >= 11 is 0. The fourth-order valence-corrected chi connectivity index (χ4v) is 4.72. The Morgan fingerprint density at radius 3 is 2.29 bits per heavy atom. The molecule has 1 unspecified atom stereocenters. The third-order valence-electron chi connectivity index (χ3n) is 4.23. The molecule has 2 fully saturated rings. The summed E-state index contributed by atoms with van der Waals surface area (Å²) < 4.78 is 22.7. The minimum absolute atomic E-state index is 0.376. The number of hydrogen-bond acceptors (Lipinski definition) is 3. The predicted octanol–water partition coefficient (Wildman–Crippen LogP) is 2.12. The fourth-order valence-electron chi connectivity index (χ4n) is 3.23. The van der Waals surface area contributed by atoms with E-state index < -0.39 is 9.84 Å². The van der Waals surface area contributed by atoms with Gasteiger partial charge >= 0.3 is 0 Å². The van der Waals surface area contributed by atoms with Crippen LogP contribution < -0.4 is 5.32 Å². The fraction of sp³-hybridized carbons (Fsp3) is 1.00. The van der Waals surface area contributed by atoms with E-state index in [1.54, 1.807) is 0 Å². The lowest BCUT2D eigenvalue weighted by atomic mass is 9.75. The topological polar surface area (TPSA) is 46.2 Å². The molecule has 4 heteroatoms. The number of rotatable bonds is 2. The Bertz CT molecular complexity index is 348. The highest BCUT2D eigenvalue weighted by atomic mass is 32.2. The molecule has 2 aliphatic rings. The van der Waals surface area contributed by atoms with Crippen LogP contribution in [0.1, 0.15) is 52.4 Å². The first kappa shape index (κ1) is 13.3. The molecule has 2 rings (SSSR count). The molecule has 100 valence electrons. The van der Waals surface area contributed by atoms with Crippen molar-refractivity contribution in [1.82, 2.24) is 5.32 Å². The largest absolute Gasteiger partial charge is 0.311 e. The van der Waals surface area contributed by atoms with Crippen LogP contribution >= 0.6 is 0 Å². The zero-order valence-electron chi connectivity index (χ0n) is 11.0. The molecule has 0 amide bonds. The molecule has 0 radical (unpaired) electrons. The lowest BCUT2D eigenvalue weighted by Gasteiger charge is -2.38. The molecule has 1 heterocycles. The van der Waals surface area contributed by atoms with Gasteiger partial charge in [0.2, 0.25) is 0 Å². The molecule has 0 bridgehead atoms. The van der Waals surface area contributed by atoms with Gasteiger partial charge in [-0.25, -0.2) is 8.42 Å². The third-order valence-corrected chi connectivity index (χ3v) is 5.95. The number of hydrogen-bond donors (Lipinski definition) is 1. The Morgan fingerprint density at radius 2 is 1.71 bits per heavy atom. The SMILES string of the molecule is CC1(C)CCCC(NC2CCS(=O)(=O)CC2)C1. The minimum Gasteiger partial charge on any atom is -0.311 e. The summed E-state index contributed by atoms with van der Waals surface area (Å²) in [6.45, 7) is 4.68. The van der Waals surface area contributed by atoms with Crippen LogP contribution in [0.3, 0.4) is 0 Å². The van der Waals surface area contributed by atoms with Crippen molar-refractivity contribution >= 4 is 9.84 Å². The van der Waals surface area contributed by atoms with Crippen molar-refractivity contribution in [2.45, 2.75) is 64.5 Å². The Morgan fingerprint density at radius 1 is 1.06 bits per heavy atom. The molecule has 3 nitrogen and oxygen atoms in total. The van der Waals surface area contributed by atoms with E-state index in [9.17, 15) is 8.42 Å². The predicted molar refractivity (Wildman–Crippen MR) is 70.8 cm³/mol. The van der Waals surface area contributed by atoms with E-state index in [0.29, 0.717) is 29.0 Å². The molecular weight excluding hydrogens is 234 g/mol. The van der Waals surface area contributed by atoms with Crippen LogP contribution in [0.15, 0.2) is 0 Å². The van der Waals surface area contributed by atoms with Crippen molar-refractivity contribution in [1.29, 1.82) is 0 Å². The van der Waals surface area contributed by atoms with Crippen molar-refractivity contribution in [3.63, 3.8) is 0 Å². The van der Waals surface area contributed by atoms with Crippen LogP contribution in [-0.2, 0) is 9.84 Å². The zero-order valence-corrected chi connectivity index (χ0v) is 11.9. The van der Waals surface area contributed by atoms with Crippen LogP contribution in [0.25, 0.3) is 0 Å². The van der Waals surface area contributed by atoms with E-state index in [0.717, 1.165) is 12.8 Å². The third kappa shape index (κ3) is 3.95. The second-order valence-electron chi connectivity index (χ2n) is 6.55. The molecule has 1 saturated heterocycles. The lowest BCUT2D eigenvalue weighted by Crippen LogP contribution is -2.46.